The van der Waals surface area contributed by atoms with E-state index >= 15 is 0 Å². The highest BCUT2D eigenvalue weighted by atomic mass is 32.2. The zero-order valence-electron chi connectivity index (χ0n) is 14.9. The molecule has 0 fully saturated rings. The van der Waals surface area contributed by atoms with Crippen LogP contribution in [0.3, 0.4) is 0 Å². The van der Waals surface area contributed by atoms with Crippen molar-refractivity contribution >= 4 is 28.3 Å². The highest BCUT2D eigenvalue weighted by Crippen LogP contribution is 2.30. The monoisotopic (exact) mass is 389 g/mol. The molecule has 0 spiro atoms. The van der Waals surface area contributed by atoms with Gasteiger partial charge in [-0.2, -0.15) is 0 Å². The number of nitrogens with one attached hydrogen (secondary N) is 1. The first kappa shape index (κ1) is 16.8. The number of hydrogen-bond acceptors (Lipinski definition) is 6. The predicted octanol–water partition coefficient (Wildman–Crippen LogP) is 3.83. The van der Waals surface area contributed by atoms with Crippen LogP contribution >= 0.6 is 11.8 Å². The number of fused-ring (bicyclic) bond motifs is 2. The SMILES string of the molecule is Cc1ccc2nc(CSc3nnc(-c4c[nH]c5ccccc45)o3)cc(=O)n2c1. The molecule has 0 saturated carbocycles. The molecule has 0 atom stereocenters. The van der Waals surface area contributed by atoms with Crippen LogP contribution in [0.15, 0.2) is 69.3 Å². The van der Waals surface area contributed by atoms with Crippen LogP contribution in [0.25, 0.3) is 28.0 Å². The molecule has 1 N–H and O–H groups in total. The largest absolute Gasteiger partial charge is 0.411 e. The first-order valence-corrected chi connectivity index (χ1v) is 9.68. The zero-order chi connectivity index (χ0) is 19.1. The van der Waals surface area contributed by atoms with Gasteiger partial charge in [0.1, 0.15) is 5.65 Å². The molecule has 0 aliphatic carbocycles. The lowest BCUT2D eigenvalue weighted by Gasteiger charge is -2.03. The third-order valence-corrected chi connectivity index (χ3v) is 5.28. The van der Waals surface area contributed by atoms with Crippen LogP contribution in [0.4, 0.5) is 0 Å². The quantitative estimate of drug-likeness (QED) is 0.470. The molecule has 0 aliphatic rings. The standard InChI is InChI=1S/C20H15N5O2S/c1-12-6-7-17-22-13(8-18(26)25(17)10-12)11-28-20-24-23-19(27-20)15-9-21-16-5-3-2-4-14(15)16/h2-10,21H,11H2,1H3. The van der Waals surface area contributed by atoms with Gasteiger partial charge in [-0.25, -0.2) is 4.98 Å². The molecule has 4 heterocycles. The number of para-hydroxylation sites is 1. The summed E-state index contributed by atoms with van der Waals surface area (Å²) in [5.74, 6) is 0.928. The maximum Gasteiger partial charge on any atom is 0.277 e. The Labute approximate surface area is 163 Å². The molecule has 138 valence electrons. The Morgan fingerprint density at radius 2 is 2.07 bits per heavy atom. The molecule has 0 saturated heterocycles. The van der Waals surface area contributed by atoms with E-state index in [0.29, 0.717) is 28.2 Å². The van der Waals surface area contributed by atoms with Gasteiger partial charge >= 0.3 is 0 Å². The summed E-state index contributed by atoms with van der Waals surface area (Å²) in [7, 11) is 0. The van der Waals surface area contributed by atoms with Crippen molar-refractivity contribution in [1.29, 1.82) is 0 Å². The van der Waals surface area contributed by atoms with E-state index in [4.69, 9.17) is 4.42 Å². The molecule has 0 amide bonds. The number of benzene rings is 1. The lowest BCUT2D eigenvalue weighted by Crippen LogP contribution is -2.15. The van der Waals surface area contributed by atoms with Gasteiger partial charge in [-0.05, 0) is 24.6 Å². The van der Waals surface area contributed by atoms with Gasteiger partial charge in [-0.3, -0.25) is 9.20 Å². The van der Waals surface area contributed by atoms with Crippen LogP contribution < -0.4 is 5.56 Å². The summed E-state index contributed by atoms with van der Waals surface area (Å²) in [4.78, 5) is 20.0. The van der Waals surface area contributed by atoms with Gasteiger partial charge < -0.3 is 9.40 Å². The molecule has 8 heteroatoms. The van der Waals surface area contributed by atoms with Crippen molar-refractivity contribution in [2.75, 3.05) is 0 Å². The van der Waals surface area contributed by atoms with E-state index in [-0.39, 0.29) is 5.56 Å². The lowest BCUT2D eigenvalue weighted by atomic mass is 10.2. The van der Waals surface area contributed by atoms with Crippen molar-refractivity contribution in [3.8, 4) is 11.5 Å². The first-order chi connectivity index (χ1) is 13.7. The summed E-state index contributed by atoms with van der Waals surface area (Å²) in [5, 5.41) is 9.73. The molecule has 0 bridgehead atoms. The molecule has 1 aromatic carbocycles. The highest BCUT2D eigenvalue weighted by molar-refractivity contribution is 7.98. The number of aromatic nitrogens is 5. The van der Waals surface area contributed by atoms with Crippen LogP contribution in [-0.2, 0) is 5.75 Å². The van der Waals surface area contributed by atoms with Crippen molar-refractivity contribution in [2.45, 2.75) is 17.9 Å². The topological polar surface area (TPSA) is 89.1 Å². The third-order valence-electron chi connectivity index (χ3n) is 4.43. The second-order valence-electron chi connectivity index (χ2n) is 6.43. The summed E-state index contributed by atoms with van der Waals surface area (Å²) >= 11 is 1.36. The second-order valence-corrected chi connectivity index (χ2v) is 7.36. The molecular formula is C20H15N5O2S. The first-order valence-electron chi connectivity index (χ1n) is 8.69. The van der Waals surface area contributed by atoms with Crippen LogP contribution in [0.2, 0.25) is 0 Å². The summed E-state index contributed by atoms with van der Waals surface area (Å²) in [6.45, 7) is 1.94. The van der Waals surface area contributed by atoms with E-state index in [1.165, 1.54) is 17.8 Å². The van der Waals surface area contributed by atoms with Gasteiger partial charge in [-0.15, -0.1) is 10.2 Å². The molecular weight excluding hydrogens is 374 g/mol. The average Bonchev–Trinajstić information content (AvgIpc) is 3.33. The fourth-order valence-electron chi connectivity index (χ4n) is 3.09. The number of aromatic amines is 1. The fourth-order valence-corrected chi connectivity index (χ4v) is 3.75. The van der Waals surface area contributed by atoms with Crippen molar-refractivity contribution in [2.24, 2.45) is 0 Å². The van der Waals surface area contributed by atoms with E-state index < -0.39 is 0 Å². The predicted molar refractivity (Wildman–Crippen MR) is 107 cm³/mol. The van der Waals surface area contributed by atoms with Crippen LogP contribution in [0.1, 0.15) is 11.3 Å². The van der Waals surface area contributed by atoms with Crippen LogP contribution in [-0.4, -0.2) is 24.6 Å². The minimum Gasteiger partial charge on any atom is -0.411 e. The Hall–Kier alpha value is -3.39. The van der Waals surface area contributed by atoms with E-state index in [0.717, 1.165) is 22.0 Å². The van der Waals surface area contributed by atoms with Crippen molar-refractivity contribution in [1.82, 2.24) is 24.6 Å². The van der Waals surface area contributed by atoms with E-state index in [2.05, 4.69) is 20.2 Å². The third kappa shape index (κ3) is 2.97. The van der Waals surface area contributed by atoms with Gasteiger partial charge in [-0.1, -0.05) is 36.0 Å². The van der Waals surface area contributed by atoms with Crippen LogP contribution in [0.5, 0.6) is 0 Å². The number of aryl methyl sites for hydroxylation is 1. The number of thioether (sulfide) groups is 1. The molecule has 5 rings (SSSR count). The normalized spacial score (nSPS) is 11.5. The Morgan fingerprint density at radius 3 is 3.00 bits per heavy atom. The van der Waals surface area contributed by atoms with E-state index in [9.17, 15) is 4.79 Å². The number of pyridine rings is 1. The molecule has 4 aromatic heterocycles. The molecule has 0 aliphatic heterocycles. The molecule has 0 unspecified atom stereocenters. The number of hydrogen-bond donors (Lipinski definition) is 1. The van der Waals surface area contributed by atoms with Crippen molar-refractivity contribution < 1.29 is 4.42 Å². The maximum absolute atomic E-state index is 12.3. The minimum atomic E-state index is -0.102. The summed E-state index contributed by atoms with van der Waals surface area (Å²) in [5.41, 5.74) is 4.08. The van der Waals surface area contributed by atoms with E-state index in [1.807, 2.05) is 49.5 Å². The number of nitrogens with zero attached hydrogens (tertiary/aromatic N) is 4. The van der Waals surface area contributed by atoms with Gasteiger partial charge in [0.05, 0.1) is 11.3 Å². The Bertz CT molecular complexity index is 1370. The van der Waals surface area contributed by atoms with Gasteiger partial charge in [0.25, 0.3) is 16.7 Å². The number of H-pyrrole nitrogens is 1. The second kappa shape index (κ2) is 6.65. The zero-order valence-corrected chi connectivity index (χ0v) is 15.7. The number of rotatable bonds is 4. The highest BCUT2D eigenvalue weighted by Gasteiger charge is 2.14. The smallest absolute Gasteiger partial charge is 0.277 e. The van der Waals surface area contributed by atoms with Crippen LogP contribution in [0, 0.1) is 6.92 Å². The van der Waals surface area contributed by atoms with E-state index in [1.54, 1.807) is 10.6 Å². The van der Waals surface area contributed by atoms with Gasteiger partial charge in [0, 0.05) is 35.1 Å². The molecule has 5 aromatic rings. The fraction of sp³-hybridized carbons (Fsp3) is 0.100. The van der Waals surface area contributed by atoms with Crippen molar-refractivity contribution in [3.05, 3.63) is 76.5 Å². The van der Waals surface area contributed by atoms with Crippen molar-refractivity contribution in [3.63, 3.8) is 0 Å². The summed E-state index contributed by atoms with van der Waals surface area (Å²) in [6, 6.07) is 13.3. The average molecular weight is 389 g/mol. The Morgan fingerprint density at radius 1 is 1.18 bits per heavy atom. The molecule has 28 heavy (non-hydrogen) atoms. The van der Waals surface area contributed by atoms with Gasteiger partial charge in [0.15, 0.2) is 0 Å². The van der Waals surface area contributed by atoms with Gasteiger partial charge in [0.2, 0.25) is 0 Å². The Balaban J connectivity index is 1.39. The summed E-state index contributed by atoms with van der Waals surface area (Å²) < 4.78 is 7.35. The lowest BCUT2D eigenvalue weighted by molar-refractivity contribution is 0.466. The molecule has 0 radical (unpaired) electrons. The minimum absolute atomic E-state index is 0.102. The Kier molecular flexibility index (Phi) is 3.98. The maximum atomic E-state index is 12.3. The molecule has 7 nitrogen and oxygen atoms in total. The summed E-state index contributed by atoms with van der Waals surface area (Å²) in [6.07, 6.45) is 3.65.